The summed E-state index contributed by atoms with van der Waals surface area (Å²) in [5.74, 6) is -1.29. The summed E-state index contributed by atoms with van der Waals surface area (Å²) in [6.07, 6.45) is 5.31. The van der Waals surface area contributed by atoms with Crippen LogP contribution in [0.25, 0.3) is 0 Å². The first-order valence-corrected chi connectivity index (χ1v) is 6.47. The second-order valence-electron chi connectivity index (χ2n) is 5.01. The Balaban J connectivity index is 2.19. The molecule has 2 aliphatic rings. The lowest BCUT2D eigenvalue weighted by Crippen LogP contribution is -2.45. The fraction of sp³-hybridized carbons (Fsp3) is 0.538. The molecule has 0 spiro atoms. The summed E-state index contributed by atoms with van der Waals surface area (Å²) in [7, 11) is 1.36. The van der Waals surface area contributed by atoms with Gasteiger partial charge in [-0.2, -0.15) is 5.10 Å². The van der Waals surface area contributed by atoms with Gasteiger partial charge in [0.25, 0.3) is 0 Å². The van der Waals surface area contributed by atoms with E-state index in [1.54, 1.807) is 12.2 Å². The number of aliphatic hydroxyl groups is 1. The van der Waals surface area contributed by atoms with Crippen molar-refractivity contribution in [1.82, 2.24) is 5.43 Å². The van der Waals surface area contributed by atoms with Crippen molar-refractivity contribution < 1.29 is 19.0 Å². The lowest BCUT2D eigenvalue weighted by Gasteiger charge is -2.32. The third kappa shape index (κ3) is 2.97. The normalized spacial score (nSPS) is 38.0. The zero-order valence-electron chi connectivity index (χ0n) is 11.9. The fourth-order valence-corrected chi connectivity index (χ4v) is 2.34. The molecular weight excluding hydrogens is 279 g/mol. The van der Waals surface area contributed by atoms with E-state index in [4.69, 9.17) is 20.3 Å². The van der Waals surface area contributed by atoms with Gasteiger partial charge in [-0.25, -0.2) is 9.38 Å². The van der Waals surface area contributed by atoms with Gasteiger partial charge in [-0.1, -0.05) is 6.08 Å². The van der Waals surface area contributed by atoms with Crippen LogP contribution < -0.4 is 11.2 Å². The van der Waals surface area contributed by atoms with Crippen molar-refractivity contribution in [2.24, 2.45) is 15.8 Å². The first-order valence-electron chi connectivity index (χ1n) is 6.47. The SMILES string of the molecule is COC1(/C=C/C=C2\NN=CN=C2N)O[C@H](CO)C[C@@]1(C)F. The van der Waals surface area contributed by atoms with Gasteiger partial charge >= 0.3 is 0 Å². The number of aliphatic hydroxyl groups excluding tert-OH is 1. The molecule has 7 nitrogen and oxygen atoms in total. The van der Waals surface area contributed by atoms with Crippen molar-refractivity contribution in [3.05, 3.63) is 23.9 Å². The average Bonchev–Trinajstić information content (AvgIpc) is 2.72. The van der Waals surface area contributed by atoms with Crippen molar-refractivity contribution in [2.75, 3.05) is 13.7 Å². The maximum Gasteiger partial charge on any atom is 0.223 e. The lowest BCUT2D eigenvalue weighted by molar-refractivity contribution is -0.225. The summed E-state index contributed by atoms with van der Waals surface area (Å²) in [6.45, 7) is 1.11. The molecule has 0 aromatic carbocycles. The van der Waals surface area contributed by atoms with Crippen LogP contribution in [0, 0.1) is 0 Å². The Morgan fingerprint density at radius 3 is 3.05 bits per heavy atom. The van der Waals surface area contributed by atoms with Crippen molar-refractivity contribution in [2.45, 2.75) is 30.9 Å². The molecule has 2 rings (SSSR count). The van der Waals surface area contributed by atoms with E-state index in [1.807, 2.05) is 0 Å². The third-order valence-corrected chi connectivity index (χ3v) is 3.48. The minimum Gasteiger partial charge on any atom is -0.394 e. The highest BCUT2D eigenvalue weighted by Crippen LogP contribution is 2.44. The molecule has 1 saturated heterocycles. The summed E-state index contributed by atoms with van der Waals surface area (Å²) >= 11 is 0. The zero-order chi connectivity index (χ0) is 15.5. The molecule has 2 heterocycles. The van der Waals surface area contributed by atoms with Gasteiger partial charge in [0.05, 0.1) is 18.4 Å². The highest BCUT2D eigenvalue weighted by molar-refractivity contribution is 6.01. The van der Waals surface area contributed by atoms with Crippen LogP contribution in [0.2, 0.25) is 0 Å². The second kappa shape index (κ2) is 5.92. The number of ether oxygens (including phenoxy) is 2. The van der Waals surface area contributed by atoms with Gasteiger partial charge in [-0.05, 0) is 19.1 Å². The van der Waals surface area contributed by atoms with E-state index >= 15 is 0 Å². The molecule has 0 saturated carbocycles. The van der Waals surface area contributed by atoms with Gasteiger partial charge in [-0.15, -0.1) is 0 Å². The largest absolute Gasteiger partial charge is 0.394 e. The first kappa shape index (κ1) is 15.6. The Morgan fingerprint density at radius 2 is 2.48 bits per heavy atom. The van der Waals surface area contributed by atoms with E-state index in [0.717, 1.165) is 0 Å². The molecule has 0 amide bonds. The van der Waals surface area contributed by atoms with E-state index in [1.165, 1.54) is 26.4 Å². The number of allylic oxidation sites excluding steroid dienone is 2. The van der Waals surface area contributed by atoms with Crippen LogP contribution in [0.3, 0.4) is 0 Å². The number of nitrogens with zero attached hydrogens (tertiary/aromatic N) is 2. The maximum atomic E-state index is 14.7. The Labute approximate surface area is 122 Å². The van der Waals surface area contributed by atoms with Crippen LogP contribution in [-0.2, 0) is 9.47 Å². The van der Waals surface area contributed by atoms with Crippen molar-refractivity contribution in [3.8, 4) is 0 Å². The number of rotatable bonds is 4. The predicted octanol–water partition coefficient (Wildman–Crippen LogP) is 0.182. The number of hydrogen-bond acceptors (Lipinski definition) is 7. The van der Waals surface area contributed by atoms with Gasteiger partial charge in [-0.3, -0.25) is 5.43 Å². The molecule has 1 unspecified atom stereocenters. The van der Waals surface area contributed by atoms with Crippen LogP contribution in [0.15, 0.2) is 34.0 Å². The minimum absolute atomic E-state index is 0.0460. The van der Waals surface area contributed by atoms with Crippen LogP contribution in [0.5, 0.6) is 0 Å². The van der Waals surface area contributed by atoms with Gasteiger partial charge in [0.15, 0.2) is 11.5 Å². The van der Waals surface area contributed by atoms with Gasteiger partial charge < -0.3 is 20.3 Å². The van der Waals surface area contributed by atoms with E-state index < -0.39 is 17.6 Å². The average molecular weight is 298 g/mol. The van der Waals surface area contributed by atoms with E-state index in [2.05, 4.69) is 15.5 Å². The Kier molecular flexibility index (Phi) is 4.40. The van der Waals surface area contributed by atoms with E-state index in [0.29, 0.717) is 5.70 Å². The highest BCUT2D eigenvalue weighted by Gasteiger charge is 2.57. The Hall–Kier alpha value is -1.77. The third-order valence-electron chi connectivity index (χ3n) is 3.48. The zero-order valence-corrected chi connectivity index (χ0v) is 11.9. The van der Waals surface area contributed by atoms with Crippen molar-refractivity contribution >= 4 is 12.2 Å². The van der Waals surface area contributed by atoms with Crippen LogP contribution in [0.1, 0.15) is 13.3 Å². The number of methoxy groups -OCH3 is 1. The molecule has 0 aromatic rings. The fourth-order valence-electron chi connectivity index (χ4n) is 2.34. The molecule has 4 N–H and O–H groups in total. The highest BCUT2D eigenvalue weighted by atomic mass is 19.1. The summed E-state index contributed by atoms with van der Waals surface area (Å²) < 4.78 is 25.4. The van der Waals surface area contributed by atoms with Crippen molar-refractivity contribution in [1.29, 1.82) is 0 Å². The van der Waals surface area contributed by atoms with E-state index in [-0.39, 0.29) is 18.9 Å². The molecular formula is C13H19FN4O3. The molecule has 0 aromatic heterocycles. The summed E-state index contributed by atoms with van der Waals surface area (Å²) in [5, 5.41) is 12.9. The molecule has 3 atom stereocenters. The maximum absolute atomic E-state index is 14.7. The monoisotopic (exact) mass is 298 g/mol. The molecule has 116 valence electrons. The number of halogens is 1. The van der Waals surface area contributed by atoms with Gasteiger partial charge in [0.1, 0.15) is 6.34 Å². The quantitative estimate of drug-likeness (QED) is 0.687. The van der Waals surface area contributed by atoms with Gasteiger partial charge in [0.2, 0.25) is 5.79 Å². The summed E-state index contributed by atoms with van der Waals surface area (Å²) in [4.78, 5) is 3.82. The molecule has 2 aliphatic heterocycles. The number of nitrogens with one attached hydrogen (secondary N) is 1. The lowest BCUT2D eigenvalue weighted by atomic mass is 9.94. The number of aliphatic imine (C=N–C) groups is 1. The molecule has 0 radical (unpaired) electrons. The number of alkyl halides is 1. The Bertz CT molecular complexity index is 516. The second-order valence-corrected chi connectivity index (χ2v) is 5.01. The van der Waals surface area contributed by atoms with Crippen LogP contribution >= 0.6 is 0 Å². The van der Waals surface area contributed by atoms with Gasteiger partial charge in [0, 0.05) is 13.5 Å². The first-order chi connectivity index (χ1) is 9.94. The van der Waals surface area contributed by atoms with Crippen LogP contribution in [0.4, 0.5) is 4.39 Å². The van der Waals surface area contributed by atoms with Crippen molar-refractivity contribution in [3.63, 3.8) is 0 Å². The smallest absolute Gasteiger partial charge is 0.223 e. The van der Waals surface area contributed by atoms with Crippen LogP contribution in [-0.4, -0.2) is 48.6 Å². The van der Waals surface area contributed by atoms with E-state index in [9.17, 15) is 4.39 Å². The molecule has 8 heteroatoms. The topological polar surface area (TPSA) is 101 Å². The molecule has 0 bridgehead atoms. The Morgan fingerprint density at radius 1 is 1.71 bits per heavy atom. The number of amidine groups is 1. The standard InChI is InChI=1S/C13H19FN4O3/c1-12(14)6-9(7-19)21-13(12,20-2)5-3-4-10-11(15)16-8-17-18-10/h3-5,8-9,18-19H,6-7H2,1-2H3,(H2,15,16,17)/b5-3+,10-4-/t9-,12+,13?/m0/s1. The number of nitrogens with two attached hydrogens (primary N) is 1. The molecule has 0 aliphatic carbocycles. The summed E-state index contributed by atoms with van der Waals surface area (Å²) in [6, 6.07) is 0. The predicted molar refractivity (Wildman–Crippen MR) is 76.3 cm³/mol. The summed E-state index contributed by atoms with van der Waals surface area (Å²) in [5.41, 5.74) is 7.06. The number of hydrogen-bond donors (Lipinski definition) is 3. The minimum atomic E-state index is -1.76. The molecule has 1 fully saturated rings. The number of hydrazone groups is 1. The molecule has 21 heavy (non-hydrogen) atoms.